The third-order valence-corrected chi connectivity index (χ3v) is 3.32. The van der Waals surface area contributed by atoms with Crippen molar-refractivity contribution < 1.29 is 19.2 Å². The SMILES string of the molecule is COc1ccc(NC(=O)CCOc2ccc(Cl)cc2)cc1[N+](=O)[O-]. The minimum absolute atomic E-state index is 0.0997. The number of amides is 1. The van der Waals surface area contributed by atoms with Crippen LogP contribution in [0.15, 0.2) is 42.5 Å². The third-order valence-electron chi connectivity index (χ3n) is 3.07. The number of methoxy groups -OCH3 is 1. The van der Waals surface area contributed by atoms with Crippen LogP contribution in [-0.4, -0.2) is 24.5 Å². The maximum atomic E-state index is 11.9. The van der Waals surface area contributed by atoms with Gasteiger partial charge >= 0.3 is 5.69 Å². The van der Waals surface area contributed by atoms with Crippen LogP contribution in [0.5, 0.6) is 11.5 Å². The van der Waals surface area contributed by atoms with E-state index in [1.165, 1.54) is 25.3 Å². The monoisotopic (exact) mass is 350 g/mol. The van der Waals surface area contributed by atoms with Crippen LogP contribution in [0, 0.1) is 10.1 Å². The second-order valence-electron chi connectivity index (χ2n) is 4.74. The van der Waals surface area contributed by atoms with Gasteiger partial charge in [-0.05, 0) is 36.4 Å². The first-order valence-corrected chi connectivity index (χ1v) is 7.38. The van der Waals surface area contributed by atoms with Crippen molar-refractivity contribution in [3.05, 3.63) is 57.6 Å². The first-order chi connectivity index (χ1) is 11.5. The van der Waals surface area contributed by atoms with Crippen LogP contribution in [0.25, 0.3) is 0 Å². The first-order valence-electron chi connectivity index (χ1n) is 7.00. The fraction of sp³-hybridized carbons (Fsp3) is 0.188. The summed E-state index contributed by atoms with van der Waals surface area (Å²) in [6, 6.07) is 11.0. The topological polar surface area (TPSA) is 90.7 Å². The normalized spacial score (nSPS) is 10.1. The van der Waals surface area contributed by atoms with Gasteiger partial charge in [0.1, 0.15) is 5.75 Å². The molecule has 1 amide bonds. The van der Waals surface area contributed by atoms with E-state index in [1.807, 2.05) is 0 Å². The smallest absolute Gasteiger partial charge is 0.312 e. The van der Waals surface area contributed by atoms with E-state index in [9.17, 15) is 14.9 Å². The quantitative estimate of drug-likeness (QED) is 0.607. The van der Waals surface area contributed by atoms with Crippen molar-refractivity contribution in [3.63, 3.8) is 0 Å². The highest BCUT2D eigenvalue weighted by Crippen LogP contribution is 2.29. The lowest BCUT2D eigenvalue weighted by atomic mass is 10.2. The zero-order valence-corrected chi connectivity index (χ0v) is 13.6. The average Bonchev–Trinajstić information content (AvgIpc) is 2.56. The number of nitrogens with one attached hydrogen (secondary N) is 1. The standard InChI is InChI=1S/C16H15ClN2O5/c1-23-15-7-4-12(10-14(15)19(21)22)18-16(20)8-9-24-13-5-2-11(17)3-6-13/h2-7,10H,8-9H2,1H3,(H,18,20). The molecule has 0 unspecified atom stereocenters. The zero-order chi connectivity index (χ0) is 17.5. The molecule has 0 bridgehead atoms. The maximum absolute atomic E-state index is 11.9. The van der Waals surface area contributed by atoms with Gasteiger partial charge < -0.3 is 14.8 Å². The number of nitrogens with zero attached hydrogens (tertiary/aromatic N) is 1. The van der Waals surface area contributed by atoms with Crippen molar-refractivity contribution in [3.8, 4) is 11.5 Å². The van der Waals surface area contributed by atoms with E-state index in [-0.39, 0.29) is 30.4 Å². The number of hydrogen-bond donors (Lipinski definition) is 1. The Morgan fingerprint density at radius 2 is 1.96 bits per heavy atom. The summed E-state index contributed by atoms with van der Waals surface area (Å²) in [6.07, 6.45) is 0.0997. The second kappa shape index (κ2) is 8.16. The molecule has 0 radical (unpaired) electrons. The van der Waals surface area contributed by atoms with E-state index in [0.29, 0.717) is 16.5 Å². The number of carbonyl (C=O) groups excluding carboxylic acids is 1. The molecule has 2 rings (SSSR count). The minimum atomic E-state index is -0.571. The van der Waals surface area contributed by atoms with Crippen LogP contribution in [0.2, 0.25) is 5.02 Å². The summed E-state index contributed by atoms with van der Waals surface area (Å²) < 4.78 is 10.3. The summed E-state index contributed by atoms with van der Waals surface area (Å²) in [5.74, 6) is 0.416. The molecule has 0 aromatic heterocycles. The van der Waals surface area contributed by atoms with Crippen LogP contribution in [-0.2, 0) is 4.79 Å². The number of hydrogen-bond acceptors (Lipinski definition) is 5. The number of anilines is 1. The predicted octanol–water partition coefficient (Wildman–Crippen LogP) is 3.66. The van der Waals surface area contributed by atoms with E-state index >= 15 is 0 Å². The Morgan fingerprint density at radius 1 is 1.25 bits per heavy atom. The van der Waals surface area contributed by atoms with Crippen molar-refractivity contribution in [2.75, 3.05) is 19.0 Å². The lowest BCUT2D eigenvalue weighted by molar-refractivity contribution is -0.385. The molecular weight excluding hydrogens is 336 g/mol. The number of benzene rings is 2. The van der Waals surface area contributed by atoms with Crippen molar-refractivity contribution in [1.82, 2.24) is 0 Å². The predicted molar refractivity (Wildman–Crippen MR) is 89.8 cm³/mol. The Hall–Kier alpha value is -2.80. The number of nitro benzene ring substituents is 1. The molecule has 7 nitrogen and oxygen atoms in total. The minimum Gasteiger partial charge on any atom is -0.493 e. The molecule has 0 aliphatic heterocycles. The van der Waals surface area contributed by atoms with E-state index in [2.05, 4.69) is 5.32 Å². The number of carbonyl (C=O) groups is 1. The maximum Gasteiger partial charge on any atom is 0.312 e. The molecule has 1 N–H and O–H groups in total. The molecule has 0 saturated carbocycles. The molecule has 2 aromatic rings. The summed E-state index contributed by atoms with van der Waals surface area (Å²) in [4.78, 5) is 22.3. The number of halogens is 1. The van der Waals surface area contributed by atoms with Crippen LogP contribution >= 0.6 is 11.6 Å². The Bertz CT molecular complexity index is 734. The lowest BCUT2D eigenvalue weighted by Crippen LogP contribution is -2.15. The molecule has 0 aliphatic rings. The highest BCUT2D eigenvalue weighted by atomic mass is 35.5. The summed E-state index contributed by atoms with van der Waals surface area (Å²) in [7, 11) is 1.34. The Kier molecular flexibility index (Phi) is 5.97. The largest absolute Gasteiger partial charge is 0.493 e. The van der Waals surface area contributed by atoms with Crippen LogP contribution in [0.3, 0.4) is 0 Å². The van der Waals surface area contributed by atoms with Crippen LogP contribution in [0.1, 0.15) is 6.42 Å². The van der Waals surface area contributed by atoms with Gasteiger partial charge in [-0.15, -0.1) is 0 Å². The highest BCUT2D eigenvalue weighted by molar-refractivity contribution is 6.30. The molecule has 126 valence electrons. The van der Waals surface area contributed by atoms with E-state index in [1.54, 1.807) is 24.3 Å². The highest BCUT2D eigenvalue weighted by Gasteiger charge is 2.16. The first kappa shape index (κ1) is 17.6. The molecule has 0 heterocycles. The summed E-state index contributed by atoms with van der Waals surface area (Å²) in [6.45, 7) is 0.172. The summed E-state index contributed by atoms with van der Waals surface area (Å²) >= 11 is 5.77. The van der Waals surface area contributed by atoms with Crippen molar-refractivity contribution in [2.24, 2.45) is 0 Å². The number of rotatable bonds is 7. The summed E-state index contributed by atoms with van der Waals surface area (Å²) in [5, 5.41) is 14.1. The van der Waals surface area contributed by atoms with Crippen molar-refractivity contribution in [2.45, 2.75) is 6.42 Å². The van der Waals surface area contributed by atoms with E-state index in [4.69, 9.17) is 21.1 Å². The Morgan fingerprint density at radius 3 is 2.58 bits per heavy atom. The van der Waals surface area contributed by atoms with E-state index < -0.39 is 4.92 Å². The van der Waals surface area contributed by atoms with E-state index in [0.717, 1.165) is 0 Å². The van der Waals surface area contributed by atoms with Gasteiger partial charge in [0.25, 0.3) is 0 Å². The molecule has 0 aliphatic carbocycles. The Labute approximate surface area is 143 Å². The van der Waals surface area contributed by atoms with Gasteiger partial charge in [-0.1, -0.05) is 11.6 Å². The fourth-order valence-electron chi connectivity index (χ4n) is 1.93. The Balaban J connectivity index is 1.89. The molecule has 0 fully saturated rings. The third kappa shape index (κ3) is 4.85. The zero-order valence-electron chi connectivity index (χ0n) is 12.8. The number of ether oxygens (including phenoxy) is 2. The fourth-order valence-corrected chi connectivity index (χ4v) is 2.05. The molecule has 0 saturated heterocycles. The van der Waals surface area contributed by atoms with Crippen molar-refractivity contribution >= 4 is 28.9 Å². The van der Waals surface area contributed by atoms with Gasteiger partial charge in [0.15, 0.2) is 5.75 Å². The second-order valence-corrected chi connectivity index (χ2v) is 5.18. The average molecular weight is 351 g/mol. The van der Waals surface area contributed by atoms with Crippen LogP contribution in [0.4, 0.5) is 11.4 Å². The lowest BCUT2D eigenvalue weighted by Gasteiger charge is -2.08. The van der Waals surface area contributed by atoms with Gasteiger partial charge in [0.2, 0.25) is 5.91 Å². The summed E-state index contributed by atoms with van der Waals surface area (Å²) in [5.41, 5.74) is 0.103. The van der Waals surface area contributed by atoms with Gasteiger partial charge in [0.05, 0.1) is 25.1 Å². The molecule has 24 heavy (non-hydrogen) atoms. The molecule has 0 spiro atoms. The molecule has 8 heteroatoms. The number of nitro groups is 1. The molecular formula is C16H15ClN2O5. The van der Waals surface area contributed by atoms with Gasteiger partial charge in [-0.3, -0.25) is 14.9 Å². The molecule has 0 atom stereocenters. The molecule has 2 aromatic carbocycles. The van der Waals surface area contributed by atoms with Gasteiger partial charge in [0, 0.05) is 16.8 Å². The van der Waals surface area contributed by atoms with Gasteiger partial charge in [-0.2, -0.15) is 0 Å². The van der Waals surface area contributed by atoms with Crippen molar-refractivity contribution in [1.29, 1.82) is 0 Å². The van der Waals surface area contributed by atoms with Gasteiger partial charge in [-0.25, -0.2) is 0 Å². The van der Waals surface area contributed by atoms with Crippen LogP contribution < -0.4 is 14.8 Å².